The van der Waals surface area contributed by atoms with Crippen LogP contribution in [0.1, 0.15) is 72.1 Å². The normalized spacial score (nSPS) is 21.4. The Bertz CT molecular complexity index is 1270. The maximum absolute atomic E-state index is 12.5. The van der Waals surface area contributed by atoms with E-state index in [9.17, 15) is 19.5 Å². The second-order valence-electron chi connectivity index (χ2n) is 12.7. The summed E-state index contributed by atoms with van der Waals surface area (Å²) in [5.74, 6) is -0.0341. The number of piperazine rings is 1. The smallest absolute Gasteiger partial charge is 0.407 e. The highest BCUT2D eigenvalue weighted by Crippen LogP contribution is 2.40. The molecule has 41 heavy (non-hydrogen) atoms. The summed E-state index contributed by atoms with van der Waals surface area (Å²) >= 11 is 0. The maximum Gasteiger partial charge on any atom is 0.407 e. The topological polar surface area (TPSA) is 105 Å². The van der Waals surface area contributed by atoms with Crippen molar-refractivity contribution in [3.05, 3.63) is 53.6 Å². The summed E-state index contributed by atoms with van der Waals surface area (Å²) in [5, 5.41) is 14.7. The lowest BCUT2D eigenvalue weighted by molar-refractivity contribution is -0.272. The fraction of sp³-hybridized carbons (Fsp3) is 0.531. The van der Waals surface area contributed by atoms with Crippen molar-refractivity contribution in [2.75, 3.05) is 24.5 Å². The Morgan fingerprint density at radius 3 is 2.29 bits per heavy atom. The molecule has 9 nitrogen and oxygen atoms in total. The van der Waals surface area contributed by atoms with Gasteiger partial charge in [-0.3, -0.25) is 9.69 Å². The van der Waals surface area contributed by atoms with Gasteiger partial charge in [0.2, 0.25) is 5.91 Å². The second-order valence-corrected chi connectivity index (χ2v) is 12.7. The van der Waals surface area contributed by atoms with Gasteiger partial charge in [0.1, 0.15) is 6.09 Å². The molecule has 0 bridgehead atoms. The van der Waals surface area contributed by atoms with Crippen LogP contribution in [-0.2, 0) is 16.1 Å². The first kappa shape index (κ1) is 30.4. The van der Waals surface area contributed by atoms with E-state index in [1.165, 1.54) is 4.90 Å². The van der Waals surface area contributed by atoms with E-state index < -0.39 is 12.2 Å². The number of fused-ring (bicyclic) bond motifs is 1. The Hall–Kier alpha value is -3.59. The number of alkyl carbamates (subject to hydrolysis) is 1. The van der Waals surface area contributed by atoms with Crippen LogP contribution in [0.3, 0.4) is 0 Å². The summed E-state index contributed by atoms with van der Waals surface area (Å²) < 4.78 is 5.34. The molecule has 222 valence electrons. The molecule has 0 radical (unpaired) electrons. The summed E-state index contributed by atoms with van der Waals surface area (Å²) in [7, 11) is 0. The third-order valence-electron chi connectivity index (χ3n) is 8.05. The number of hydrogen-bond donors (Lipinski definition) is 1. The summed E-state index contributed by atoms with van der Waals surface area (Å²) in [6, 6.07) is 13.9. The number of hydrogen-bond acceptors (Lipinski definition) is 6. The highest BCUT2D eigenvalue weighted by molar-refractivity contribution is 5.94. The minimum atomic E-state index is -1.10. The molecule has 1 saturated heterocycles. The number of nitrogens with zero attached hydrogens (tertiary/aromatic N) is 3. The first-order valence-corrected chi connectivity index (χ1v) is 14.4. The fourth-order valence-corrected chi connectivity index (χ4v) is 6.05. The lowest BCUT2D eigenvalue weighted by Crippen LogP contribution is -2.62. The Kier molecular flexibility index (Phi) is 8.97. The zero-order chi connectivity index (χ0) is 30.1. The molecule has 3 atom stereocenters. The average Bonchev–Trinajstić information content (AvgIpc) is 2.87. The SMILES string of the molecule is CC(=O)N1c2ccc(-c3ccc(CN4CCN(C(=O)[O-])C(C(C)(C)C)C4)cc3)cc2[C@H](NC(=O)OC(C)C)C[C@@H]1C. The molecule has 9 heteroatoms. The number of benzene rings is 2. The van der Waals surface area contributed by atoms with Crippen molar-refractivity contribution in [3.8, 4) is 11.1 Å². The molecule has 0 saturated carbocycles. The average molecular weight is 564 g/mol. The van der Waals surface area contributed by atoms with E-state index in [2.05, 4.69) is 61.3 Å². The molecule has 1 N–H and O–H groups in total. The molecule has 2 aliphatic heterocycles. The van der Waals surface area contributed by atoms with E-state index in [-0.39, 0.29) is 35.6 Å². The van der Waals surface area contributed by atoms with Crippen molar-refractivity contribution < 1.29 is 24.2 Å². The van der Waals surface area contributed by atoms with Crippen LogP contribution >= 0.6 is 0 Å². The number of rotatable bonds is 5. The molecule has 2 aromatic carbocycles. The highest BCUT2D eigenvalue weighted by atomic mass is 16.6. The molecular weight excluding hydrogens is 520 g/mol. The molecule has 0 aliphatic carbocycles. The van der Waals surface area contributed by atoms with Gasteiger partial charge in [-0.05, 0) is 67.0 Å². The van der Waals surface area contributed by atoms with Gasteiger partial charge >= 0.3 is 6.09 Å². The Labute approximate surface area is 243 Å². The van der Waals surface area contributed by atoms with Crippen LogP contribution in [0.5, 0.6) is 0 Å². The van der Waals surface area contributed by atoms with E-state index >= 15 is 0 Å². The largest absolute Gasteiger partial charge is 0.530 e. The van der Waals surface area contributed by atoms with Crippen LogP contribution in [0.2, 0.25) is 0 Å². The molecular formula is C32H43N4O5-. The number of carboxylic acid groups (broad SMARTS) is 1. The molecule has 3 amide bonds. The predicted molar refractivity (Wildman–Crippen MR) is 157 cm³/mol. The lowest BCUT2D eigenvalue weighted by atomic mass is 9.84. The molecule has 4 rings (SSSR count). The zero-order valence-corrected chi connectivity index (χ0v) is 25.3. The zero-order valence-electron chi connectivity index (χ0n) is 25.3. The predicted octanol–water partition coefficient (Wildman–Crippen LogP) is 4.55. The quantitative estimate of drug-likeness (QED) is 0.572. The van der Waals surface area contributed by atoms with Gasteiger partial charge in [-0.25, -0.2) is 4.79 Å². The minimum Gasteiger partial charge on any atom is -0.530 e. The van der Waals surface area contributed by atoms with Crippen molar-refractivity contribution in [2.24, 2.45) is 5.41 Å². The van der Waals surface area contributed by atoms with E-state index in [4.69, 9.17) is 4.74 Å². The van der Waals surface area contributed by atoms with Gasteiger partial charge in [-0.2, -0.15) is 0 Å². The van der Waals surface area contributed by atoms with E-state index in [1.54, 1.807) is 11.8 Å². The highest BCUT2D eigenvalue weighted by Gasteiger charge is 2.36. The monoisotopic (exact) mass is 563 g/mol. The third-order valence-corrected chi connectivity index (χ3v) is 8.05. The lowest BCUT2D eigenvalue weighted by Gasteiger charge is -2.48. The minimum absolute atomic E-state index is 0.0341. The Morgan fingerprint density at radius 2 is 1.71 bits per heavy atom. The molecule has 1 unspecified atom stereocenters. The molecule has 2 aromatic rings. The number of nitrogens with one attached hydrogen (secondary N) is 1. The number of carbonyl (C=O) groups is 3. The van der Waals surface area contributed by atoms with Gasteiger partial charge < -0.3 is 29.8 Å². The Balaban J connectivity index is 1.54. The van der Waals surface area contributed by atoms with Gasteiger partial charge in [0.25, 0.3) is 0 Å². The Morgan fingerprint density at radius 1 is 1.05 bits per heavy atom. The molecule has 0 aromatic heterocycles. The summed E-state index contributed by atoms with van der Waals surface area (Å²) in [6.07, 6.45) is -1.22. The third kappa shape index (κ3) is 7.01. The van der Waals surface area contributed by atoms with Crippen LogP contribution in [-0.4, -0.2) is 65.7 Å². The first-order valence-electron chi connectivity index (χ1n) is 14.4. The summed E-state index contributed by atoms with van der Waals surface area (Å²) in [5.41, 5.74) is 4.67. The van der Waals surface area contributed by atoms with Crippen molar-refractivity contribution in [1.29, 1.82) is 0 Å². The number of ether oxygens (including phenoxy) is 1. The van der Waals surface area contributed by atoms with Crippen molar-refractivity contribution in [3.63, 3.8) is 0 Å². The number of anilines is 1. The van der Waals surface area contributed by atoms with Gasteiger partial charge in [-0.15, -0.1) is 0 Å². The summed E-state index contributed by atoms with van der Waals surface area (Å²) in [6.45, 7) is 15.8. The standard InChI is InChI=1S/C32H44N4O5/c1-20(2)41-30(38)33-27-16-21(3)36(22(4)37)28-13-12-25(17-26(27)28)24-10-8-23(9-11-24)18-34-14-15-35(31(39)40)29(19-34)32(5,6)7/h8-13,17,20-21,27,29H,14-16,18-19H2,1-7H3,(H,33,38)(H,39,40)/p-1/t21-,27+,29?/m0/s1. The van der Waals surface area contributed by atoms with Gasteiger partial charge in [0.15, 0.2) is 0 Å². The molecule has 1 fully saturated rings. The molecule has 2 aliphatic rings. The molecule has 0 spiro atoms. The van der Waals surface area contributed by atoms with Crippen molar-refractivity contribution in [1.82, 2.24) is 15.1 Å². The second kappa shape index (κ2) is 12.1. The van der Waals surface area contributed by atoms with Crippen LogP contribution in [0, 0.1) is 5.41 Å². The number of carbonyl (C=O) groups excluding carboxylic acids is 3. The van der Waals surface area contributed by atoms with Gasteiger partial charge in [0, 0.05) is 50.9 Å². The van der Waals surface area contributed by atoms with Gasteiger partial charge in [-0.1, -0.05) is 51.1 Å². The number of amides is 3. The fourth-order valence-electron chi connectivity index (χ4n) is 6.05. The van der Waals surface area contributed by atoms with Crippen LogP contribution in [0.15, 0.2) is 42.5 Å². The van der Waals surface area contributed by atoms with Crippen LogP contribution in [0.25, 0.3) is 11.1 Å². The van der Waals surface area contributed by atoms with Crippen LogP contribution in [0.4, 0.5) is 15.3 Å². The first-order chi connectivity index (χ1) is 19.2. The molecule has 2 heterocycles. The summed E-state index contributed by atoms with van der Waals surface area (Å²) in [4.78, 5) is 42.2. The van der Waals surface area contributed by atoms with Crippen molar-refractivity contribution >= 4 is 23.8 Å². The van der Waals surface area contributed by atoms with Crippen LogP contribution < -0.4 is 15.3 Å². The van der Waals surface area contributed by atoms with Crippen molar-refractivity contribution in [2.45, 2.75) is 85.7 Å². The van der Waals surface area contributed by atoms with Gasteiger partial charge in [0.05, 0.1) is 12.1 Å². The maximum atomic E-state index is 12.5. The van der Waals surface area contributed by atoms with E-state index in [1.807, 2.05) is 32.9 Å². The van der Waals surface area contributed by atoms with E-state index in [0.29, 0.717) is 26.1 Å². The van der Waals surface area contributed by atoms with E-state index in [0.717, 1.165) is 34.5 Å².